The predicted octanol–water partition coefficient (Wildman–Crippen LogP) is 6.46. The SMILES string of the molecule is O=C(OCC1O[C@@H](OC(=O)c2ccccc2)C(OC(=O)c2ccccc2)[C@@H](OCc2ccccc2)[C@H]1OC(=O)c1ccccc1)c1ccccc1. The Labute approximate surface area is 294 Å². The number of hydrogen-bond donors (Lipinski definition) is 0. The lowest BCUT2D eigenvalue weighted by Crippen LogP contribution is -2.63. The van der Waals surface area contributed by atoms with Gasteiger partial charge in [-0.3, -0.25) is 0 Å². The van der Waals surface area contributed by atoms with Crippen molar-refractivity contribution in [1.82, 2.24) is 0 Å². The van der Waals surface area contributed by atoms with Crippen LogP contribution in [0.4, 0.5) is 0 Å². The molecule has 0 bridgehead atoms. The normalized spacial score (nSPS) is 19.6. The van der Waals surface area contributed by atoms with Crippen molar-refractivity contribution in [2.24, 2.45) is 0 Å². The van der Waals surface area contributed by atoms with Crippen LogP contribution in [0.2, 0.25) is 0 Å². The van der Waals surface area contributed by atoms with Gasteiger partial charge >= 0.3 is 23.9 Å². The molecule has 51 heavy (non-hydrogen) atoms. The quantitative estimate of drug-likeness (QED) is 0.107. The Morgan fingerprint density at radius 2 is 0.843 bits per heavy atom. The van der Waals surface area contributed by atoms with E-state index >= 15 is 0 Å². The van der Waals surface area contributed by atoms with E-state index in [2.05, 4.69) is 0 Å². The van der Waals surface area contributed by atoms with E-state index in [1.54, 1.807) is 121 Å². The van der Waals surface area contributed by atoms with Crippen molar-refractivity contribution in [3.05, 3.63) is 179 Å². The molecular formula is C41H34O10. The van der Waals surface area contributed by atoms with E-state index in [-0.39, 0.29) is 28.9 Å². The summed E-state index contributed by atoms with van der Waals surface area (Å²) in [5.41, 5.74) is 1.69. The average molecular weight is 687 g/mol. The molecule has 0 aromatic heterocycles. The summed E-state index contributed by atoms with van der Waals surface area (Å²) < 4.78 is 36.4. The molecule has 0 saturated carbocycles. The van der Waals surface area contributed by atoms with Gasteiger partial charge in [0, 0.05) is 0 Å². The fraction of sp³-hybridized carbons (Fsp3) is 0.171. The molecule has 1 fully saturated rings. The van der Waals surface area contributed by atoms with Crippen molar-refractivity contribution in [3.63, 3.8) is 0 Å². The Morgan fingerprint density at radius 3 is 1.31 bits per heavy atom. The van der Waals surface area contributed by atoms with Crippen molar-refractivity contribution < 1.29 is 47.6 Å². The van der Waals surface area contributed by atoms with Crippen LogP contribution in [0.15, 0.2) is 152 Å². The minimum absolute atomic E-state index is 0.0137. The second-order valence-electron chi connectivity index (χ2n) is 11.5. The van der Waals surface area contributed by atoms with E-state index in [9.17, 15) is 19.2 Å². The molecule has 0 aliphatic carbocycles. The minimum Gasteiger partial charge on any atom is -0.459 e. The Kier molecular flexibility index (Phi) is 11.6. The number of benzene rings is 5. The van der Waals surface area contributed by atoms with Gasteiger partial charge in [0.25, 0.3) is 0 Å². The highest BCUT2D eigenvalue weighted by Crippen LogP contribution is 2.32. The molecule has 1 saturated heterocycles. The third kappa shape index (κ3) is 9.13. The van der Waals surface area contributed by atoms with E-state index in [1.165, 1.54) is 0 Å². The maximum Gasteiger partial charge on any atom is 0.340 e. The number of carbonyl (C=O) groups is 4. The third-order valence-corrected chi connectivity index (χ3v) is 8.00. The van der Waals surface area contributed by atoms with Gasteiger partial charge in [-0.25, -0.2) is 19.2 Å². The number of rotatable bonds is 12. The molecule has 0 N–H and O–H groups in total. The van der Waals surface area contributed by atoms with Gasteiger partial charge in [0.15, 0.2) is 12.2 Å². The molecule has 10 nitrogen and oxygen atoms in total. The number of ether oxygens (including phenoxy) is 6. The van der Waals surface area contributed by atoms with Crippen molar-refractivity contribution in [2.45, 2.75) is 37.3 Å². The Morgan fingerprint density at radius 1 is 0.451 bits per heavy atom. The first-order valence-electron chi connectivity index (χ1n) is 16.3. The molecule has 5 aromatic rings. The molecule has 2 unspecified atom stereocenters. The molecule has 6 rings (SSSR count). The fourth-order valence-electron chi connectivity index (χ4n) is 5.43. The van der Waals surface area contributed by atoms with Crippen LogP contribution < -0.4 is 0 Å². The van der Waals surface area contributed by atoms with E-state index in [0.717, 1.165) is 5.56 Å². The first-order valence-corrected chi connectivity index (χ1v) is 16.3. The average Bonchev–Trinajstić information content (AvgIpc) is 3.19. The lowest BCUT2D eigenvalue weighted by molar-refractivity contribution is -0.292. The van der Waals surface area contributed by atoms with Gasteiger partial charge in [-0.15, -0.1) is 0 Å². The fourth-order valence-corrected chi connectivity index (χ4v) is 5.43. The van der Waals surface area contributed by atoms with Gasteiger partial charge < -0.3 is 28.4 Å². The van der Waals surface area contributed by atoms with E-state index in [1.807, 2.05) is 30.3 Å². The molecule has 1 aliphatic heterocycles. The van der Waals surface area contributed by atoms with Gasteiger partial charge in [0.1, 0.15) is 18.8 Å². The molecular weight excluding hydrogens is 652 g/mol. The number of hydrogen-bond acceptors (Lipinski definition) is 10. The van der Waals surface area contributed by atoms with Gasteiger partial charge in [-0.1, -0.05) is 103 Å². The molecule has 258 valence electrons. The molecule has 5 aromatic carbocycles. The van der Waals surface area contributed by atoms with Crippen LogP contribution in [0.3, 0.4) is 0 Å². The van der Waals surface area contributed by atoms with Crippen LogP contribution in [0.25, 0.3) is 0 Å². The molecule has 0 spiro atoms. The summed E-state index contributed by atoms with van der Waals surface area (Å²) in [6.07, 6.45) is -6.90. The summed E-state index contributed by atoms with van der Waals surface area (Å²) in [4.78, 5) is 53.7. The van der Waals surface area contributed by atoms with Crippen molar-refractivity contribution in [3.8, 4) is 0 Å². The first kappa shape index (κ1) is 34.8. The second kappa shape index (κ2) is 17.0. The van der Waals surface area contributed by atoms with Crippen LogP contribution in [0, 0.1) is 0 Å². The number of esters is 4. The molecule has 1 aliphatic rings. The highest BCUT2D eigenvalue weighted by Gasteiger charge is 2.53. The summed E-state index contributed by atoms with van der Waals surface area (Å²) in [6.45, 7) is -0.454. The van der Waals surface area contributed by atoms with Gasteiger partial charge in [0.05, 0.1) is 28.9 Å². The Hall–Kier alpha value is -6.10. The zero-order valence-corrected chi connectivity index (χ0v) is 27.3. The van der Waals surface area contributed by atoms with Gasteiger partial charge in [0.2, 0.25) is 6.29 Å². The van der Waals surface area contributed by atoms with Crippen molar-refractivity contribution in [1.29, 1.82) is 0 Å². The van der Waals surface area contributed by atoms with Crippen molar-refractivity contribution in [2.75, 3.05) is 6.61 Å². The van der Waals surface area contributed by atoms with Crippen LogP contribution in [0.1, 0.15) is 47.0 Å². The molecule has 1 heterocycles. The summed E-state index contributed by atoms with van der Waals surface area (Å²) in [5, 5.41) is 0. The molecule has 0 radical (unpaired) electrons. The van der Waals surface area contributed by atoms with Gasteiger partial charge in [-0.05, 0) is 54.1 Å². The summed E-state index contributed by atoms with van der Waals surface area (Å²) in [7, 11) is 0. The molecule has 10 heteroatoms. The standard InChI is InChI=1S/C41H34O10/c42-37(29-18-8-2-9-19-29)47-27-33-34(49-38(43)30-20-10-3-11-21-30)35(46-26-28-16-6-1-7-17-28)36(50-39(44)31-22-12-4-13-23-31)41(48-33)51-40(45)32-24-14-5-15-25-32/h1-25,33-36,41H,26-27H2/t33?,34-,35-,36?,41-/m0/s1. The van der Waals surface area contributed by atoms with E-state index in [4.69, 9.17) is 28.4 Å². The zero-order valence-electron chi connectivity index (χ0n) is 27.3. The Bertz CT molecular complexity index is 1890. The van der Waals surface area contributed by atoms with Crippen LogP contribution in [-0.4, -0.2) is 61.2 Å². The monoisotopic (exact) mass is 686 g/mol. The summed E-state index contributed by atoms with van der Waals surface area (Å²) in [5.74, 6) is -2.93. The van der Waals surface area contributed by atoms with Crippen LogP contribution in [0.5, 0.6) is 0 Å². The zero-order chi connectivity index (χ0) is 35.4. The highest BCUT2D eigenvalue weighted by atomic mass is 16.7. The van der Waals surface area contributed by atoms with Crippen molar-refractivity contribution >= 4 is 23.9 Å². The second-order valence-corrected chi connectivity index (χ2v) is 11.5. The molecule has 5 atom stereocenters. The lowest BCUT2D eigenvalue weighted by Gasteiger charge is -2.44. The lowest BCUT2D eigenvalue weighted by atomic mass is 9.97. The van der Waals surface area contributed by atoms with Gasteiger partial charge in [-0.2, -0.15) is 0 Å². The third-order valence-electron chi connectivity index (χ3n) is 8.00. The van der Waals surface area contributed by atoms with E-state index < -0.39 is 61.2 Å². The maximum atomic E-state index is 13.6. The number of carbonyl (C=O) groups excluding carboxylic acids is 4. The van der Waals surface area contributed by atoms with Crippen LogP contribution >= 0.6 is 0 Å². The smallest absolute Gasteiger partial charge is 0.340 e. The molecule has 0 amide bonds. The first-order chi connectivity index (χ1) is 25.0. The summed E-state index contributed by atoms with van der Waals surface area (Å²) in [6, 6.07) is 42.2. The largest absolute Gasteiger partial charge is 0.459 e. The topological polar surface area (TPSA) is 124 Å². The highest BCUT2D eigenvalue weighted by molar-refractivity contribution is 5.91. The minimum atomic E-state index is -1.58. The predicted molar refractivity (Wildman–Crippen MR) is 184 cm³/mol. The Balaban J connectivity index is 1.39. The maximum absolute atomic E-state index is 13.6. The van der Waals surface area contributed by atoms with E-state index in [0.29, 0.717) is 0 Å². The van der Waals surface area contributed by atoms with Crippen LogP contribution in [-0.2, 0) is 35.0 Å². The summed E-state index contributed by atoms with van der Waals surface area (Å²) >= 11 is 0.